The maximum absolute atomic E-state index is 13.2. The molecule has 2 saturated heterocycles. The number of fused-ring (bicyclic) bond motifs is 1. The number of carbonyl (C=O) groups excluding carboxylic acids is 1. The summed E-state index contributed by atoms with van der Waals surface area (Å²) in [5, 5.41) is 13.2. The summed E-state index contributed by atoms with van der Waals surface area (Å²) in [6.45, 7) is 4.81. The molecular formula is C24H28N6O4. The standard InChI is InChI=1S/C24H28N6O4/c1-15-3-2-4-17(9-15)34-18-12-30(13-18)23(31)19-11-26-22-20(19)21(27-14-28-22)25-10-16-5-7-29(8-6-16)24(32)33/h2-4,9,11,14,16,18H,5-8,10,12-13H2,1H3,(H,32,33)(H2,25,26,27,28). The normalized spacial score (nSPS) is 17.0. The van der Waals surface area contributed by atoms with E-state index in [1.165, 1.54) is 11.2 Å². The van der Waals surface area contributed by atoms with Crippen LogP contribution in [0.15, 0.2) is 36.8 Å². The fraction of sp³-hybridized carbons (Fsp3) is 0.417. The third-order valence-electron chi connectivity index (χ3n) is 6.57. The number of likely N-dealkylation sites (tertiary alicyclic amines) is 2. The van der Waals surface area contributed by atoms with Crippen LogP contribution in [-0.2, 0) is 0 Å². The molecule has 0 radical (unpaired) electrons. The highest BCUT2D eigenvalue weighted by Gasteiger charge is 2.34. The molecule has 0 saturated carbocycles. The molecule has 2 aromatic heterocycles. The van der Waals surface area contributed by atoms with E-state index in [0.29, 0.717) is 61.1 Å². The molecule has 4 heterocycles. The van der Waals surface area contributed by atoms with E-state index in [1.807, 2.05) is 31.2 Å². The lowest BCUT2D eigenvalue weighted by atomic mass is 9.97. The molecule has 2 aliphatic rings. The van der Waals surface area contributed by atoms with Gasteiger partial charge in [0.1, 0.15) is 29.6 Å². The van der Waals surface area contributed by atoms with Crippen LogP contribution in [0.25, 0.3) is 11.0 Å². The maximum atomic E-state index is 13.2. The smallest absolute Gasteiger partial charge is 0.407 e. The fourth-order valence-corrected chi connectivity index (χ4v) is 4.56. The molecule has 178 valence electrons. The van der Waals surface area contributed by atoms with Gasteiger partial charge in [-0.05, 0) is 43.4 Å². The third-order valence-corrected chi connectivity index (χ3v) is 6.57. The summed E-state index contributed by atoms with van der Waals surface area (Å²) >= 11 is 0. The Bertz CT molecular complexity index is 1200. The van der Waals surface area contributed by atoms with Crippen molar-refractivity contribution in [2.45, 2.75) is 25.9 Å². The van der Waals surface area contributed by atoms with E-state index in [9.17, 15) is 9.59 Å². The van der Waals surface area contributed by atoms with E-state index in [4.69, 9.17) is 9.84 Å². The van der Waals surface area contributed by atoms with Crippen LogP contribution < -0.4 is 10.1 Å². The average Bonchev–Trinajstić information content (AvgIpc) is 3.24. The maximum Gasteiger partial charge on any atom is 0.407 e. The van der Waals surface area contributed by atoms with Crippen LogP contribution in [0, 0.1) is 12.8 Å². The van der Waals surface area contributed by atoms with Gasteiger partial charge in [0.2, 0.25) is 0 Å². The molecule has 5 rings (SSSR count). The average molecular weight is 465 g/mol. The number of aryl methyl sites for hydroxylation is 1. The number of ether oxygens (including phenoxy) is 1. The van der Waals surface area contributed by atoms with E-state index in [-0.39, 0.29) is 12.0 Å². The first-order valence-electron chi connectivity index (χ1n) is 11.5. The highest BCUT2D eigenvalue weighted by atomic mass is 16.5. The van der Waals surface area contributed by atoms with Gasteiger partial charge in [-0.25, -0.2) is 14.8 Å². The number of aromatic nitrogens is 3. The zero-order chi connectivity index (χ0) is 23.7. The molecule has 0 unspecified atom stereocenters. The van der Waals surface area contributed by atoms with Crippen LogP contribution in [0.3, 0.4) is 0 Å². The number of nitrogens with zero attached hydrogens (tertiary/aromatic N) is 4. The molecule has 0 atom stereocenters. The van der Waals surface area contributed by atoms with Crippen LogP contribution in [0.5, 0.6) is 5.75 Å². The van der Waals surface area contributed by atoms with Gasteiger partial charge in [0.15, 0.2) is 0 Å². The monoisotopic (exact) mass is 464 g/mol. The number of carbonyl (C=O) groups is 2. The quantitative estimate of drug-likeness (QED) is 0.512. The number of H-pyrrole nitrogens is 1. The lowest BCUT2D eigenvalue weighted by Gasteiger charge is -2.39. The van der Waals surface area contributed by atoms with Crippen molar-refractivity contribution in [2.24, 2.45) is 5.92 Å². The number of hydrogen-bond donors (Lipinski definition) is 3. The van der Waals surface area contributed by atoms with Gasteiger partial charge in [0.05, 0.1) is 24.0 Å². The molecule has 2 aliphatic heterocycles. The highest BCUT2D eigenvalue weighted by Crippen LogP contribution is 2.28. The van der Waals surface area contributed by atoms with E-state index in [1.54, 1.807) is 11.1 Å². The number of nitrogens with one attached hydrogen (secondary N) is 2. The Morgan fingerprint density at radius 1 is 1.21 bits per heavy atom. The second-order valence-corrected chi connectivity index (χ2v) is 9.01. The van der Waals surface area contributed by atoms with Crippen molar-refractivity contribution >= 4 is 28.9 Å². The summed E-state index contributed by atoms with van der Waals surface area (Å²) < 4.78 is 5.99. The molecule has 10 nitrogen and oxygen atoms in total. The third kappa shape index (κ3) is 4.48. The van der Waals surface area contributed by atoms with E-state index >= 15 is 0 Å². The lowest BCUT2D eigenvalue weighted by molar-refractivity contribution is 0.0179. The summed E-state index contributed by atoms with van der Waals surface area (Å²) in [5.41, 5.74) is 2.28. The van der Waals surface area contributed by atoms with Crippen molar-refractivity contribution in [2.75, 3.05) is 38.0 Å². The number of carboxylic acid groups (broad SMARTS) is 1. The summed E-state index contributed by atoms with van der Waals surface area (Å²) in [4.78, 5) is 39.3. The Hall–Kier alpha value is -3.82. The van der Waals surface area contributed by atoms with Gasteiger partial charge in [-0.3, -0.25) is 4.79 Å². The molecular weight excluding hydrogens is 436 g/mol. The Kier molecular flexibility index (Phi) is 5.95. The van der Waals surface area contributed by atoms with E-state index in [0.717, 1.165) is 24.2 Å². The minimum absolute atomic E-state index is 0.0264. The molecule has 34 heavy (non-hydrogen) atoms. The first kappa shape index (κ1) is 22.0. The van der Waals surface area contributed by atoms with Crippen LogP contribution in [0.4, 0.5) is 10.6 Å². The number of aromatic amines is 1. The van der Waals surface area contributed by atoms with Gasteiger partial charge >= 0.3 is 6.09 Å². The minimum Gasteiger partial charge on any atom is -0.487 e. The topological polar surface area (TPSA) is 124 Å². The van der Waals surface area contributed by atoms with Crippen molar-refractivity contribution in [3.05, 3.63) is 47.9 Å². The molecule has 0 aliphatic carbocycles. The molecule has 2 amide bonds. The Balaban J connectivity index is 1.22. The number of rotatable bonds is 6. The number of amides is 2. The van der Waals surface area contributed by atoms with E-state index in [2.05, 4.69) is 20.3 Å². The Morgan fingerprint density at radius 3 is 2.74 bits per heavy atom. The molecule has 0 bridgehead atoms. The number of piperidine rings is 1. The second kappa shape index (κ2) is 9.20. The van der Waals surface area contributed by atoms with Crippen LogP contribution in [0.2, 0.25) is 0 Å². The van der Waals surface area contributed by atoms with E-state index < -0.39 is 6.09 Å². The summed E-state index contributed by atoms with van der Waals surface area (Å²) in [6.07, 6.45) is 3.86. The lowest BCUT2D eigenvalue weighted by Crippen LogP contribution is -2.56. The van der Waals surface area contributed by atoms with Gasteiger partial charge in [-0.2, -0.15) is 0 Å². The summed E-state index contributed by atoms with van der Waals surface area (Å²) in [5.74, 6) is 1.69. The summed E-state index contributed by atoms with van der Waals surface area (Å²) in [6, 6.07) is 7.90. The molecule has 3 N–H and O–H groups in total. The minimum atomic E-state index is -0.864. The van der Waals surface area contributed by atoms with Gasteiger partial charge in [-0.1, -0.05) is 12.1 Å². The number of hydrogen-bond acceptors (Lipinski definition) is 6. The molecule has 3 aromatic rings. The fourth-order valence-electron chi connectivity index (χ4n) is 4.56. The Morgan fingerprint density at radius 2 is 2.00 bits per heavy atom. The van der Waals surface area contributed by atoms with Crippen molar-refractivity contribution < 1.29 is 19.4 Å². The molecule has 0 spiro atoms. The zero-order valence-corrected chi connectivity index (χ0v) is 19.0. The zero-order valence-electron chi connectivity index (χ0n) is 19.0. The van der Waals surface area contributed by atoms with Crippen molar-refractivity contribution in [1.29, 1.82) is 0 Å². The van der Waals surface area contributed by atoms with Crippen LogP contribution >= 0.6 is 0 Å². The van der Waals surface area contributed by atoms with Gasteiger partial charge in [0, 0.05) is 25.8 Å². The summed E-state index contributed by atoms with van der Waals surface area (Å²) in [7, 11) is 0. The van der Waals surface area contributed by atoms with Crippen LogP contribution in [-0.4, -0.2) is 80.7 Å². The molecule has 1 aromatic carbocycles. The SMILES string of the molecule is Cc1cccc(OC2CN(C(=O)c3c[nH]c4ncnc(NCC5CCN(C(=O)O)CC5)c34)C2)c1. The highest BCUT2D eigenvalue weighted by molar-refractivity contribution is 6.09. The Labute approximate surface area is 196 Å². The number of benzene rings is 1. The molecule has 2 fully saturated rings. The van der Waals surface area contributed by atoms with Crippen molar-refractivity contribution in [3.63, 3.8) is 0 Å². The van der Waals surface area contributed by atoms with Crippen molar-refractivity contribution in [3.8, 4) is 5.75 Å². The first-order valence-corrected chi connectivity index (χ1v) is 11.5. The predicted octanol–water partition coefficient (Wildman–Crippen LogP) is 2.97. The van der Waals surface area contributed by atoms with Gasteiger partial charge in [-0.15, -0.1) is 0 Å². The predicted molar refractivity (Wildman–Crippen MR) is 126 cm³/mol. The first-order chi connectivity index (χ1) is 16.5. The van der Waals surface area contributed by atoms with Crippen LogP contribution in [0.1, 0.15) is 28.8 Å². The number of anilines is 1. The largest absolute Gasteiger partial charge is 0.487 e. The second-order valence-electron chi connectivity index (χ2n) is 9.01. The molecule has 10 heteroatoms. The van der Waals surface area contributed by atoms with Gasteiger partial charge < -0.3 is 29.9 Å². The van der Waals surface area contributed by atoms with Crippen molar-refractivity contribution in [1.82, 2.24) is 24.8 Å². The van der Waals surface area contributed by atoms with Gasteiger partial charge in [0.25, 0.3) is 5.91 Å².